The molecule has 0 aromatic heterocycles. The monoisotopic (exact) mass is 168 g/mol. The molecule has 4 nitrogen and oxygen atoms in total. The fourth-order valence-electron chi connectivity index (χ4n) is 0.452. The lowest BCUT2D eigenvalue weighted by Gasteiger charge is -2.14. The highest BCUT2D eigenvalue weighted by atomic mass is 35.5. The van der Waals surface area contributed by atoms with Gasteiger partial charge in [0.05, 0.1) is 0 Å². The molecule has 0 rings (SSSR count). The number of carboxylic acid groups (broad SMARTS) is 1. The summed E-state index contributed by atoms with van der Waals surface area (Å²) in [6.45, 7) is 0. The van der Waals surface area contributed by atoms with E-state index in [0.717, 1.165) is 0 Å². The molecular formula is C5H9ClO4. The minimum absolute atomic E-state index is 0.890. The molecule has 0 saturated heterocycles. The van der Waals surface area contributed by atoms with Gasteiger partial charge in [-0.3, -0.25) is 4.79 Å². The Kier molecular flexibility index (Phi) is 4.34. The SMILES string of the molecule is COC(OC)C(Cl)C(=O)O. The van der Waals surface area contributed by atoms with Crippen LogP contribution in [0.3, 0.4) is 0 Å². The molecule has 1 N–H and O–H groups in total. The van der Waals surface area contributed by atoms with E-state index in [1.54, 1.807) is 0 Å². The Morgan fingerprint density at radius 1 is 1.50 bits per heavy atom. The van der Waals surface area contributed by atoms with Gasteiger partial charge in [0.2, 0.25) is 0 Å². The summed E-state index contributed by atoms with van der Waals surface area (Å²) in [4.78, 5) is 10.2. The molecule has 0 saturated carbocycles. The third-order valence-electron chi connectivity index (χ3n) is 0.939. The van der Waals surface area contributed by atoms with Crippen LogP contribution in [0.15, 0.2) is 0 Å². The van der Waals surface area contributed by atoms with Crippen LogP contribution in [0.4, 0.5) is 0 Å². The summed E-state index contributed by atoms with van der Waals surface area (Å²) in [6.07, 6.45) is -0.890. The molecule has 5 heteroatoms. The van der Waals surface area contributed by atoms with Gasteiger partial charge in [0.15, 0.2) is 11.7 Å². The molecule has 0 spiro atoms. The number of alkyl halides is 1. The molecule has 0 aliphatic rings. The van der Waals surface area contributed by atoms with Gasteiger partial charge in [-0.25, -0.2) is 0 Å². The van der Waals surface area contributed by atoms with Crippen molar-refractivity contribution in [1.82, 2.24) is 0 Å². The van der Waals surface area contributed by atoms with Crippen LogP contribution in [0.2, 0.25) is 0 Å². The maximum absolute atomic E-state index is 10.2. The van der Waals surface area contributed by atoms with Gasteiger partial charge in [-0.05, 0) is 0 Å². The van der Waals surface area contributed by atoms with E-state index in [1.807, 2.05) is 0 Å². The van der Waals surface area contributed by atoms with Crippen molar-refractivity contribution < 1.29 is 19.4 Å². The number of methoxy groups -OCH3 is 2. The number of hydrogen-bond acceptors (Lipinski definition) is 3. The highest BCUT2D eigenvalue weighted by molar-refractivity contribution is 6.30. The van der Waals surface area contributed by atoms with Gasteiger partial charge in [-0.15, -0.1) is 11.6 Å². The molecule has 0 bridgehead atoms. The summed E-state index contributed by atoms with van der Waals surface area (Å²) < 4.78 is 9.18. The first-order valence-electron chi connectivity index (χ1n) is 2.56. The number of hydrogen-bond donors (Lipinski definition) is 1. The second-order valence-corrected chi connectivity index (χ2v) is 2.05. The van der Waals surface area contributed by atoms with E-state index < -0.39 is 17.6 Å². The van der Waals surface area contributed by atoms with Crippen LogP contribution in [0.1, 0.15) is 0 Å². The van der Waals surface area contributed by atoms with Crippen molar-refractivity contribution in [3.05, 3.63) is 0 Å². The van der Waals surface area contributed by atoms with Gasteiger partial charge in [-0.2, -0.15) is 0 Å². The van der Waals surface area contributed by atoms with Crippen molar-refractivity contribution in [2.24, 2.45) is 0 Å². The van der Waals surface area contributed by atoms with Gasteiger partial charge >= 0.3 is 5.97 Å². The number of carboxylic acids is 1. The first-order chi connectivity index (χ1) is 4.63. The van der Waals surface area contributed by atoms with Crippen LogP contribution in [-0.2, 0) is 14.3 Å². The van der Waals surface area contributed by atoms with Crippen LogP contribution in [0, 0.1) is 0 Å². The van der Waals surface area contributed by atoms with Gasteiger partial charge in [0, 0.05) is 14.2 Å². The molecule has 0 aromatic carbocycles. The van der Waals surface area contributed by atoms with Crippen LogP contribution in [0.5, 0.6) is 0 Å². The van der Waals surface area contributed by atoms with Gasteiger partial charge in [0.25, 0.3) is 0 Å². The first-order valence-corrected chi connectivity index (χ1v) is 2.99. The van der Waals surface area contributed by atoms with Crippen molar-refractivity contribution in [3.63, 3.8) is 0 Å². The quantitative estimate of drug-likeness (QED) is 0.485. The second-order valence-electron chi connectivity index (χ2n) is 1.58. The minimum atomic E-state index is -1.16. The summed E-state index contributed by atoms with van der Waals surface area (Å²) in [5.74, 6) is -1.16. The van der Waals surface area contributed by atoms with Crippen molar-refractivity contribution in [3.8, 4) is 0 Å². The molecule has 0 radical (unpaired) electrons. The highest BCUT2D eigenvalue weighted by Gasteiger charge is 2.24. The topological polar surface area (TPSA) is 55.8 Å². The molecule has 60 valence electrons. The Bertz CT molecular complexity index is 112. The molecular weight excluding hydrogens is 160 g/mol. The number of rotatable bonds is 4. The van der Waals surface area contributed by atoms with E-state index in [0.29, 0.717) is 0 Å². The Morgan fingerprint density at radius 3 is 2.00 bits per heavy atom. The second kappa shape index (κ2) is 4.49. The smallest absolute Gasteiger partial charge is 0.326 e. The van der Waals surface area contributed by atoms with Gasteiger partial charge in [0.1, 0.15) is 0 Å². The Labute approximate surface area is 63.7 Å². The fraction of sp³-hybridized carbons (Fsp3) is 0.800. The average molecular weight is 169 g/mol. The van der Waals surface area contributed by atoms with E-state index in [4.69, 9.17) is 16.7 Å². The largest absolute Gasteiger partial charge is 0.480 e. The van der Waals surface area contributed by atoms with Crippen LogP contribution in [0.25, 0.3) is 0 Å². The molecule has 0 heterocycles. The number of halogens is 1. The Morgan fingerprint density at radius 2 is 1.90 bits per heavy atom. The number of carbonyl (C=O) groups is 1. The predicted octanol–water partition coefficient (Wildman–Crippen LogP) is 0.297. The third kappa shape index (κ3) is 2.51. The van der Waals surface area contributed by atoms with Gasteiger partial charge in [-0.1, -0.05) is 0 Å². The summed E-state index contributed by atoms with van der Waals surface area (Å²) in [5, 5.41) is 7.17. The van der Waals surface area contributed by atoms with E-state index in [-0.39, 0.29) is 0 Å². The van der Waals surface area contributed by atoms with E-state index in [1.165, 1.54) is 14.2 Å². The normalized spacial score (nSPS) is 13.6. The van der Waals surface area contributed by atoms with Gasteiger partial charge < -0.3 is 14.6 Å². The molecule has 1 unspecified atom stereocenters. The standard InChI is InChI=1S/C5H9ClO4/c1-9-5(10-2)3(6)4(7)8/h3,5H,1-2H3,(H,7,8). The maximum Gasteiger partial charge on any atom is 0.326 e. The summed E-state index contributed by atoms with van der Waals surface area (Å²) in [6, 6.07) is 0. The Balaban J connectivity index is 3.88. The van der Waals surface area contributed by atoms with Crippen molar-refractivity contribution >= 4 is 17.6 Å². The molecule has 1 atom stereocenters. The lowest BCUT2D eigenvalue weighted by molar-refractivity contribution is -0.152. The summed E-state index contributed by atoms with van der Waals surface area (Å²) in [5.41, 5.74) is 0. The zero-order valence-electron chi connectivity index (χ0n) is 5.70. The van der Waals surface area contributed by atoms with Crippen LogP contribution in [-0.4, -0.2) is 37.0 Å². The lowest BCUT2D eigenvalue weighted by Crippen LogP contribution is -2.31. The molecule has 0 fully saturated rings. The lowest BCUT2D eigenvalue weighted by atomic mass is 10.4. The Hall–Kier alpha value is -0.320. The van der Waals surface area contributed by atoms with Crippen molar-refractivity contribution in [2.45, 2.75) is 11.7 Å². The highest BCUT2D eigenvalue weighted by Crippen LogP contribution is 2.06. The molecule has 0 aliphatic heterocycles. The molecule has 0 aromatic rings. The van der Waals surface area contributed by atoms with E-state index in [9.17, 15) is 4.79 Å². The van der Waals surface area contributed by atoms with Crippen molar-refractivity contribution in [1.29, 1.82) is 0 Å². The predicted molar refractivity (Wildman–Crippen MR) is 35.1 cm³/mol. The maximum atomic E-state index is 10.2. The van der Waals surface area contributed by atoms with Crippen molar-refractivity contribution in [2.75, 3.05) is 14.2 Å². The third-order valence-corrected chi connectivity index (χ3v) is 1.33. The average Bonchev–Trinajstić information content (AvgIpc) is 1.90. The number of ether oxygens (including phenoxy) is 2. The number of aliphatic carboxylic acids is 1. The summed E-state index contributed by atoms with van der Waals surface area (Å²) in [7, 11) is 2.65. The van der Waals surface area contributed by atoms with Crippen LogP contribution < -0.4 is 0 Å². The fourth-order valence-corrected chi connectivity index (χ4v) is 0.657. The summed E-state index contributed by atoms with van der Waals surface area (Å²) >= 11 is 5.33. The first kappa shape index (κ1) is 9.68. The molecule has 10 heavy (non-hydrogen) atoms. The van der Waals surface area contributed by atoms with E-state index in [2.05, 4.69) is 9.47 Å². The molecule has 0 aliphatic carbocycles. The van der Waals surface area contributed by atoms with Crippen LogP contribution >= 0.6 is 11.6 Å². The zero-order valence-corrected chi connectivity index (χ0v) is 6.46. The zero-order chi connectivity index (χ0) is 8.15. The molecule has 0 amide bonds. The minimum Gasteiger partial charge on any atom is -0.480 e. The van der Waals surface area contributed by atoms with E-state index >= 15 is 0 Å².